The van der Waals surface area contributed by atoms with Gasteiger partial charge in [-0.3, -0.25) is 4.79 Å². The minimum atomic E-state index is 0.107. The van der Waals surface area contributed by atoms with E-state index < -0.39 is 0 Å². The second-order valence-corrected chi connectivity index (χ2v) is 3.96. The fourth-order valence-electron chi connectivity index (χ4n) is 1.64. The Hall–Kier alpha value is -0.570. The lowest BCUT2D eigenvalue weighted by Crippen LogP contribution is -2.39. The molecule has 1 atom stereocenters. The Bertz CT molecular complexity index is 160. The number of hydrogen-bond acceptors (Lipinski definition) is 2. The predicted octanol–water partition coefficient (Wildman–Crippen LogP) is 2.07. The predicted molar refractivity (Wildman–Crippen MR) is 64.9 cm³/mol. The van der Waals surface area contributed by atoms with Crippen molar-refractivity contribution >= 4 is 5.91 Å². The third kappa shape index (κ3) is 8.43. The average Bonchev–Trinajstić information content (AvgIpc) is 2.22. The summed E-state index contributed by atoms with van der Waals surface area (Å²) in [4.78, 5) is 11.3. The second kappa shape index (κ2) is 9.97. The Labute approximate surface area is 94.0 Å². The number of carbonyl (C=O) groups is 1. The van der Waals surface area contributed by atoms with Crippen LogP contribution >= 0.6 is 0 Å². The van der Waals surface area contributed by atoms with Crippen molar-refractivity contribution in [3.8, 4) is 0 Å². The molecule has 0 rings (SSSR count). The Balaban J connectivity index is 3.68. The van der Waals surface area contributed by atoms with Gasteiger partial charge in [-0.25, -0.2) is 0 Å². The molecule has 0 saturated carbocycles. The third-order valence-electron chi connectivity index (χ3n) is 2.47. The summed E-state index contributed by atoms with van der Waals surface area (Å²) in [6.07, 6.45) is 6.00. The molecule has 0 bridgehead atoms. The molecule has 0 fully saturated rings. The molecule has 90 valence electrons. The van der Waals surface area contributed by atoms with Crippen LogP contribution < -0.4 is 10.6 Å². The molecule has 0 aliphatic heterocycles. The van der Waals surface area contributed by atoms with E-state index in [0.717, 1.165) is 0 Å². The smallest absolute Gasteiger partial charge is 0.233 e. The minimum Gasteiger partial charge on any atom is -0.355 e. The van der Waals surface area contributed by atoms with Gasteiger partial charge < -0.3 is 10.6 Å². The normalized spacial score (nSPS) is 12.5. The van der Waals surface area contributed by atoms with E-state index in [-0.39, 0.29) is 5.91 Å². The highest BCUT2D eigenvalue weighted by atomic mass is 16.1. The lowest BCUT2D eigenvalue weighted by Gasteiger charge is -2.17. The highest BCUT2D eigenvalue weighted by molar-refractivity contribution is 5.77. The molecule has 0 spiro atoms. The Morgan fingerprint density at radius 2 is 1.87 bits per heavy atom. The molecule has 0 aromatic heterocycles. The number of hydrogen-bond donors (Lipinski definition) is 2. The van der Waals surface area contributed by atoms with E-state index in [1.807, 2.05) is 6.92 Å². The van der Waals surface area contributed by atoms with E-state index in [1.165, 1.54) is 32.1 Å². The maximum atomic E-state index is 11.3. The molecule has 0 aliphatic rings. The van der Waals surface area contributed by atoms with Crippen LogP contribution in [-0.2, 0) is 4.79 Å². The van der Waals surface area contributed by atoms with E-state index in [9.17, 15) is 4.79 Å². The fraction of sp³-hybridized carbons (Fsp3) is 0.917. The van der Waals surface area contributed by atoms with Crippen molar-refractivity contribution in [3.05, 3.63) is 0 Å². The SMILES string of the molecule is CCCCC(CCC)NCC(=O)NCC. The van der Waals surface area contributed by atoms with Gasteiger partial charge in [0.15, 0.2) is 0 Å². The number of likely N-dealkylation sites (N-methyl/N-ethyl adjacent to an activating group) is 1. The van der Waals surface area contributed by atoms with E-state index in [2.05, 4.69) is 24.5 Å². The Morgan fingerprint density at radius 3 is 2.40 bits per heavy atom. The zero-order valence-corrected chi connectivity index (χ0v) is 10.4. The van der Waals surface area contributed by atoms with E-state index in [0.29, 0.717) is 19.1 Å². The zero-order chi connectivity index (χ0) is 11.5. The molecular formula is C12H26N2O. The summed E-state index contributed by atoms with van der Waals surface area (Å²) in [5, 5.41) is 6.13. The molecule has 0 aromatic carbocycles. The number of rotatable bonds is 9. The lowest BCUT2D eigenvalue weighted by molar-refractivity contribution is -0.120. The first-order valence-corrected chi connectivity index (χ1v) is 6.24. The first-order valence-electron chi connectivity index (χ1n) is 6.24. The monoisotopic (exact) mass is 214 g/mol. The van der Waals surface area contributed by atoms with Gasteiger partial charge >= 0.3 is 0 Å². The number of unbranched alkanes of at least 4 members (excludes halogenated alkanes) is 1. The van der Waals surface area contributed by atoms with Gasteiger partial charge in [0.2, 0.25) is 5.91 Å². The summed E-state index contributed by atoms with van der Waals surface area (Å²) in [5.41, 5.74) is 0. The van der Waals surface area contributed by atoms with Crippen LogP contribution in [0.5, 0.6) is 0 Å². The summed E-state index contributed by atoms with van der Waals surface area (Å²) in [6, 6.07) is 0.512. The van der Waals surface area contributed by atoms with Crippen LogP contribution in [0, 0.1) is 0 Å². The molecule has 0 aromatic rings. The van der Waals surface area contributed by atoms with Crippen molar-refractivity contribution in [3.63, 3.8) is 0 Å². The average molecular weight is 214 g/mol. The number of nitrogens with one attached hydrogen (secondary N) is 2. The largest absolute Gasteiger partial charge is 0.355 e. The Kier molecular flexibility index (Phi) is 9.59. The van der Waals surface area contributed by atoms with Gasteiger partial charge in [-0.05, 0) is 19.8 Å². The molecule has 0 heterocycles. The van der Waals surface area contributed by atoms with Crippen LogP contribution in [0.3, 0.4) is 0 Å². The summed E-state index contributed by atoms with van der Waals surface area (Å²) >= 11 is 0. The van der Waals surface area contributed by atoms with Gasteiger partial charge in [-0.1, -0.05) is 33.1 Å². The highest BCUT2D eigenvalue weighted by Gasteiger charge is 2.08. The molecule has 3 heteroatoms. The van der Waals surface area contributed by atoms with Gasteiger partial charge in [-0.15, -0.1) is 0 Å². The molecule has 3 nitrogen and oxygen atoms in total. The molecule has 1 amide bonds. The third-order valence-corrected chi connectivity index (χ3v) is 2.47. The topological polar surface area (TPSA) is 41.1 Å². The van der Waals surface area contributed by atoms with Crippen molar-refractivity contribution in [2.45, 2.75) is 58.9 Å². The Morgan fingerprint density at radius 1 is 1.13 bits per heavy atom. The molecule has 0 radical (unpaired) electrons. The molecule has 15 heavy (non-hydrogen) atoms. The standard InChI is InChI=1S/C12H26N2O/c1-4-7-9-11(8-5-2)14-10-12(15)13-6-3/h11,14H,4-10H2,1-3H3,(H,13,15). The molecule has 0 saturated heterocycles. The molecular weight excluding hydrogens is 188 g/mol. The van der Waals surface area contributed by atoms with Gasteiger partial charge in [-0.2, -0.15) is 0 Å². The molecule has 2 N–H and O–H groups in total. The summed E-state index contributed by atoms with van der Waals surface area (Å²) in [5.74, 6) is 0.107. The molecule has 0 aliphatic carbocycles. The maximum Gasteiger partial charge on any atom is 0.233 e. The van der Waals surface area contributed by atoms with E-state index in [4.69, 9.17) is 0 Å². The van der Waals surface area contributed by atoms with Crippen LogP contribution in [0.1, 0.15) is 52.9 Å². The van der Waals surface area contributed by atoms with Crippen LogP contribution in [0.4, 0.5) is 0 Å². The lowest BCUT2D eigenvalue weighted by atomic mass is 10.1. The van der Waals surface area contributed by atoms with Crippen molar-refractivity contribution < 1.29 is 4.79 Å². The quantitative estimate of drug-likeness (QED) is 0.617. The van der Waals surface area contributed by atoms with E-state index in [1.54, 1.807) is 0 Å². The zero-order valence-electron chi connectivity index (χ0n) is 10.4. The van der Waals surface area contributed by atoms with Crippen LogP contribution in [0.15, 0.2) is 0 Å². The number of amides is 1. The first-order chi connectivity index (χ1) is 7.24. The van der Waals surface area contributed by atoms with Gasteiger partial charge in [0, 0.05) is 12.6 Å². The molecule has 1 unspecified atom stereocenters. The summed E-state index contributed by atoms with van der Waals surface area (Å²) in [7, 11) is 0. The first kappa shape index (κ1) is 14.4. The van der Waals surface area contributed by atoms with Crippen molar-refractivity contribution in [1.82, 2.24) is 10.6 Å². The fourth-order valence-corrected chi connectivity index (χ4v) is 1.64. The second-order valence-electron chi connectivity index (χ2n) is 3.96. The van der Waals surface area contributed by atoms with Crippen molar-refractivity contribution in [2.24, 2.45) is 0 Å². The van der Waals surface area contributed by atoms with Gasteiger partial charge in [0.05, 0.1) is 6.54 Å². The summed E-state index contributed by atoms with van der Waals surface area (Å²) in [6.45, 7) is 7.51. The van der Waals surface area contributed by atoms with Crippen molar-refractivity contribution in [2.75, 3.05) is 13.1 Å². The summed E-state index contributed by atoms with van der Waals surface area (Å²) < 4.78 is 0. The van der Waals surface area contributed by atoms with Crippen molar-refractivity contribution in [1.29, 1.82) is 0 Å². The van der Waals surface area contributed by atoms with Crippen LogP contribution in [0.2, 0.25) is 0 Å². The number of carbonyl (C=O) groups excluding carboxylic acids is 1. The van der Waals surface area contributed by atoms with Crippen LogP contribution in [0.25, 0.3) is 0 Å². The maximum absolute atomic E-state index is 11.3. The highest BCUT2D eigenvalue weighted by Crippen LogP contribution is 2.06. The van der Waals surface area contributed by atoms with E-state index >= 15 is 0 Å². The van der Waals surface area contributed by atoms with Gasteiger partial charge in [0.1, 0.15) is 0 Å². The minimum absolute atomic E-state index is 0.107. The van der Waals surface area contributed by atoms with Gasteiger partial charge in [0.25, 0.3) is 0 Å². The van der Waals surface area contributed by atoms with Crippen LogP contribution in [-0.4, -0.2) is 25.0 Å².